The Morgan fingerprint density at radius 3 is 2.40 bits per heavy atom. The van der Waals surface area contributed by atoms with Gasteiger partial charge in [-0.3, -0.25) is 14.3 Å². The van der Waals surface area contributed by atoms with Crippen LogP contribution < -0.4 is 5.73 Å². The van der Waals surface area contributed by atoms with Gasteiger partial charge in [0, 0.05) is 24.8 Å². The Kier molecular flexibility index (Phi) is 4.88. The van der Waals surface area contributed by atoms with Gasteiger partial charge in [-0.2, -0.15) is 5.10 Å². The molecule has 0 radical (unpaired) electrons. The number of benzene rings is 1. The van der Waals surface area contributed by atoms with Crippen molar-refractivity contribution < 1.29 is 9.59 Å². The third kappa shape index (κ3) is 3.90. The van der Waals surface area contributed by atoms with Crippen molar-refractivity contribution in [3.8, 4) is 11.3 Å². The predicted octanol–water partition coefficient (Wildman–Crippen LogP) is 2.15. The van der Waals surface area contributed by atoms with Gasteiger partial charge in [0.05, 0.1) is 5.56 Å². The second kappa shape index (κ2) is 7.09. The number of hydrogen-bond acceptors (Lipinski definition) is 3. The van der Waals surface area contributed by atoms with Gasteiger partial charge >= 0.3 is 0 Å². The first-order valence-electron chi connectivity index (χ1n) is 8.64. The minimum Gasteiger partial charge on any atom is -0.365 e. The largest absolute Gasteiger partial charge is 0.365 e. The van der Waals surface area contributed by atoms with E-state index in [1.54, 1.807) is 6.20 Å². The highest BCUT2D eigenvalue weighted by atomic mass is 16.2. The van der Waals surface area contributed by atoms with Gasteiger partial charge in [0.15, 0.2) is 0 Å². The maximum Gasteiger partial charge on any atom is 0.252 e. The lowest BCUT2D eigenvalue weighted by molar-refractivity contribution is -0.134. The van der Waals surface area contributed by atoms with E-state index >= 15 is 0 Å². The van der Waals surface area contributed by atoms with E-state index in [4.69, 9.17) is 5.73 Å². The highest BCUT2D eigenvalue weighted by Gasteiger charge is 2.26. The van der Waals surface area contributed by atoms with Crippen molar-refractivity contribution in [2.24, 2.45) is 17.6 Å². The zero-order valence-electron chi connectivity index (χ0n) is 14.7. The molecule has 0 spiro atoms. The SMILES string of the molecule is C[C@@H]1C[C@@H](C)CN(C(=O)Cn2cc(C(N)=O)c(-c3ccccc3)n2)C1. The molecule has 25 heavy (non-hydrogen) atoms. The predicted molar refractivity (Wildman–Crippen MR) is 95.7 cm³/mol. The molecule has 2 atom stereocenters. The second-order valence-electron chi connectivity index (χ2n) is 7.06. The molecule has 1 aliphatic rings. The van der Waals surface area contributed by atoms with Crippen LogP contribution in [0.4, 0.5) is 0 Å². The molecule has 1 aliphatic heterocycles. The summed E-state index contributed by atoms with van der Waals surface area (Å²) < 4.78 is 1.52. The Morgan fingerprint density at radius 2 is 1.80 bits per heavy atom. The smallest absolute Gasteiger partial charge is 0.252 e. The number of amides is 2. The highest BCUT2D eigenvalue weighted by molar-refractivity contribution is 5.98. The van der Waals surface area contributed by atoms with Crippen LogP contribution in [-0.4, -0.2) is 39.6 Å². The minimum atomic E-state index is -0.544. The molecule has 132 valence electrons. The van der Waals surface area contributed by atoms with Gasteiger partial charge in [0.2, 0.25) is 5.91 Å². The molecule has 0 unspecified atom stereocenters. The van der Waals surface area contributed by atoms with Crippen molar-refractivity contribution in [3.63, 3.8) is 0 Å². The fourth-order valence-corrected chi connectivity index (χ4v) is 3.60. The van der Waals surface area contributed by atoms with E-state index in [0.29, 0.717) is 23.1 Å². The summed E-state index contributed by atoms with van der Waals surface area (Å²) in [6.45, 7) is 6.01. The van der Waals surface area contributed by atoms with Crippen molar-refractivity contribution in [3.05, 3.63) is 42.1 Å². The van der Waals surface area contributed by atoms with Gasteiger partial charge in [-0.15, -0.1) is 0 Å². The first-order valence-corrected chi connectivity index (χ1v) is 8.64. The summed E-state index contributed by atoms with van der Waals surface area (Å²) in [4.78, 5) is 26.3. The van der Waals surface area contributed by atoms with Crippen molar-refractivity contribution in [1.82, 2.24) is 14.7 Å². The third-order valence-corrected chi connectivity index (χ3v) is 4.59. The summed E-state index contributed by atoms with van der Waals surface area (Å²) in [6, 6.07) is 9.39. The number of nitrogens with zero attached hydrogens (tertiary/aromatic N) is 3. The van der Waals surface area contributed by atoms with Crippen LogP contribution in [0, 0.1) is 11.8 Å². The monoisotopic (exact) mass is 340 g/mol. The first-order chi connectivity index (χ1) is 11.9. The van der Waals surface area contributed by atoms with Crippen LogP contribution in [0.15, 0.2) is 36.5 Å². The van der Waals surface area contributed by atoms with Crippen LogP contribution in [0.2, 0.25) is 0 Å². The van der Waals surface area contributed by atoms with Gasteiger partial charge in [0.1, 0.15) is 12.2 Å². The second-order valence-corrected chi connectivity index (χ2v) is 7.06. The van der Waals surface area contributed by atoms with Crippen LogP contribution in [0.3, 0.4) is 0 Å². The fraction of sp³-hybridized carbons (Fsp3) is 0.421. The maximum absolute atomic E-state index is 12.6. The van der Waals surface area contributed by atoms with E-state index in [1.165, 1.54) is 4.68 Å². The summed E-state index contributed by atoms with van der Waals surface area (Å²) in [5.41, 5.74) is 7.14. The Labute approximate surface area is 147 Å². The van der Waals surface area contributed by atoms with Gasteiger partial charge in [-0.1, -0.05) is 44.2 Å². The van der Waals surface area contributed by atoms with Crippen molar-refractivity contribution in [2.75, 3.05) is 13.1 Å². The molecule has 2 N–H and O–H groups in total. The van der Waals surface area contributed by atoms with Crippen LogP contribution >= 0.6 is 0 Å². The number of aromatic nitrogens is 2. The molecule has 1 aromatic heterocycles. The molecule has 6 heteroatoms. The lowest BCUT2D eigenvalue weighted by atomic mass is 9.92. The van der Waals surface area contributed by atoms with Gasteiger partial charge in [-0.05, 0) is 18.3 Å². The zero-order valence-corrected chi connectivity index (χ0v) is 14.7. The molecular weight excluding hydrogens is 316 g/mol. The number of carbonyl (C=O) groups is 2. The standard InChI is InChI=1S/C19H24N4O2/c1-13-8-14(2)10-22(9-13)17(24)12-23-11-16(19(20)25)18(21-23)15-6-4-3-5-7-15/h3-7,11,13-14H,8-10,12H2,1-2H3,(H2,20,25)/t13-,14-/m1/s1. The van der Waals surface area contributed by atoms with E-state index in [0.717, 1.165) is 25.1 Å². The first kappa shape index (κ1) is 17.2. The molecule has 1 fully saturated rings. The van der Waals surface area contributed by atoms with Gasteiger partial charge in [0.25, 0.3) is 5.91 Å². The van der Waals surface area contributed by atoms with Crippen molar-refractivity contribution in [2.45, 2.75) is 26.8 Å². The Morgan fingerprint density at radius 1 is 1.16 bits per heavy atom. The molecule has 0 aliphatic carbocycles. The molecule has 1 saturated heterocycles. The van der Waals surface area contributed by atoms with Crippen molar-refractivity contribution >= 4 is 11.8 Å². The topological polar surface area (TPSA) is 81.2 Å². The Bertz CT molecular complexity index is 759. The normalized spacial score (nSPS) is 20.5. The molecule has 0 saturated carbocycles. The van der Waals surface area contributed by atoms with E-state index in [1.807, 2.05) is 35.2 Å². The molecule has 2 aromatic rings. The third-order valence-electron chi connectivity index (χ3n) is 4.59. The maximum atomic E-state index is 12.6. The molecule has 2 amide bonds. The quantitative estimate of drug-likeness (QED) is 0.926. The van der Waals surface area contributed by atoms with Crippen LogP contribution in [0.1, 0.15) is 30.6 Å². The van der Waals surface area contributed by atoms with Crippen molar-refractivity contribution in [1.29, 1.82) is 0 Å². The summed E-state index contributed by atoms with van der Waals surface area (Å²) in [7, 11) is 0. The van der Waals surface area contributed by atoms with E-state index < -0.39 is 5.91 Å². The molecular formula is C19H24N4O2. The molecule has 0 bridgehead atoms. The van der Waals surface area contributed by atoms with E-state index in [2.05, 4.69) is 18.9 Å². The minimum absolute atomic E-state index is 0.0246. The average molecular weight is 340 g/mol. The number of primary amides is 1. The number of likely N-dealkylation sites (tertiary alicyclic amines) is 1. The molecule has 6 nitrogen and oxygen atoms in total. The number of nitrogens with two attached hydrogens (primary N) is 1. The van der Waals surface area contributed by atoms with Crippen LogP contribution in [-0.2, 0) is 11.3 Å². The number of rotatable bonds is 4. The zero-order chi connectivity index (χ0) is 18.0. The van der Waals surface area contributed by atoms with Crippen LogP contribution in [0.25, 0.3) is 11.3 Å². The molecule has 2 heterocycles. The number of piperidine rings is 1. The van der Waals surface area contributed by atoms with Gasteiger partial charge < -0.3 is 10.6 Å². The summed E-state index contributed by atoms with van der Waals surface area (Å²) in [5.74, 6) is 0.493. The lowest BCUT2D eigenvalue weighted by Crippen LogP contribution is -2.44. The van der Waals surface area contributed by atoms with E-state index in [-0.39, 0.29) is 12.5 Å². The molecule has 3 rings (SSSR count). The Hall–Kier alpha value is -2.63. The summed E-state index contributed by atoms with van der Waals surface area (Å²) >= 11 is 0. The summed E-state index contributed by atoms with van der Waals surface area (Å²) in [5, 5.41) is 4.44. The average Bonchev–Trinajstić information content (AvgIpc) is 2.99. The lowest BCUT2D eigenvalue weighted by Gasteiger charge is -2.35. The fourth-order valence-electron chi connectivity index (χ4n) is 3.60. The van der Waals surface area contributed by atoms with Crippen LogP contribution in [0.5, 0.6) is 0 Å². The number of hydrogen-bond donors (Lipinski definition) is 1. The van der Waals surface area contributed by atoms with E-state index in [9.17, 15) is 9.59 Å². The Balaban J connectivity index is 1.81. The molecule has 1 aromatic carbocycles. The number of carbonyl (C=O) groups excluding carboxylic acids is 2. The summed E-state index contributed by atoms with van der Waals surface area (Å²) in [6.07, 6.45) is 2.72. The highest BCUT2D eigenvalue weighted by Crippen LogP contribution is 2.23. The van der Waals surface area contributed by atoms with Gasteiger partial charge in [-0.25, -0.2) is 0 Å².